The molecule has 0 aromatic carbocycles. The minimum absolute atomic E-state index is 0.0200. The Kier molecular flexibility index (Phi) is 6.04. The number of amides is 2. The number of carbonyl (C=O) groups excluding carboxylic acids is 3. The zero-order chi connectivity index (χ0) is 23.6. The SMILES string of the molecule is CCOC(=O)c1nc(NC(=O)c2nc(NC(=O)c3cc([N+](=O)[O-])cn3C)cn2C)cn1C. The van der Waals surface area contributed by atoms with Gasteiger partial charge in [-0.3, -0.25) is 19.7 Å². The van der Waals surface area contributed by atoms with Crippen LogP contribution in [0.1, 0.15) is 38.7 Å². The van der Waals surface area contributed by atoms with Crippen LogP contribution in [-0.4, -0.2) is 53.0 Å². The van der Waals surface area contributed by atoms with Crippen molar-refractivity contribution in [3.8, 4) is 0 Å². The smallest absolute Gasteiger partial charge is 0.374 e. The molecule has 3 heterocycles. The summed E-state index contributed by atoms with van der Waals surface area (Å²) in [6, 6.07) is 1.13. The van der Waals surface area contributed by atoms with Crippen molar-refractivity contribution in [2.45, 2.75) is 6.92 Å². The van der Waals surface area contributed by atoms with Crippen molar-refractivity contribution in [3.63, 3.8) is 0 Å². The Labute approximate surface area is 181 Å². The van der Waals surface area contributed by atoms with E-state index in [1.807, 2.05) is 0 Å². The lowest BCUT2D eigenvalue weighted by atomic mass is 10.4. The standard InChI is InChI=1S/C18H20N8O6/c1-5-32-18(29)15-20-13(9-25(15)4)22-17(28)14-19-12(8-24(14)3)21-16(27)11-6-10(26(30)31)7-23(11)2/h6-9H,5H2,1-4H3,(H,21,27)(H,22,28). The average molecular weight is 444 g/mol. The van der Waals surface area contributed by atoms with Crippen LogP contribution < -0.4 is 10.6 Å². The number of nitro groups is 1. The molecule has 32 heavy (non-hydrogen) atoms. The Morgan fingerprint density at radius 2 is 1.53 bits per heavy atom. The molecule has 168 valence electrons. The number of nitrogens with one attached hydrogen (secondary N) is 2. The normalized spacial score (nSPS) is 10.6. The molecule has 0 saturated carbocycles. The predicted octanol–water partition coefficient (Wildman–Crippen LogP) is 1.08. The van der Waals surface area contributed by atoms with E-state index in [0.717, 1.165) is 6.07 Å². The Bertz CT molecular complexity index is 1220. The summed E-state index contributed by atoms with van der Waals surface area (Å²) in [4.78, 5) is 55.3. The van der Waals surface area contributed by atoms with Crippen molar-refractivity contribution in [1.29, 1.82) is 0 Å². The number of imidazole rings is 2. The lowest BCUT2D eigenvalue weighted by molar-refractivity contribution is -0.384. The van der Waals surface area contributed by atoms with Gasteiger partial charge in [-0.2, -0.15) is 0 Å². The summed E-state index contributed by atoms with van der Waals surface area (Å²) in [6.07, 6.45) is 4.06. The lowest BCUT2D eigenvalue weighted by Crippen LogP contribution is -2.18. The van der Waals surface area contributed by atoms with Crippen LogP contribution in [0.5, 0.6) is 0 Å². The maximum Gasteiger partial charge on any atom is 0.374 e. The van der Waals surface area contributed by atoms with Gasteiger partial charge in [-0.15, -0.1) is 0 Å². The van der Waals surface area contributed by atoms with Gasteiger partial charge >= 0.3 is 5.97 Å². The van der Waals surface area contributed by atoms with E-state index < -0.39 is 22.7 Å². The van der Waals surface area contributed by atoms with Crippen molar-refractivity contribution in [2.24, 2.45) is 21.1 Å². The van der Waals surface area contributed by atoms with Gasteiger partial charge in [0.15, 0.2) is 11.6 Å². The molecule has 14 nitrogen and oxygen atoms in total. The minimum atomic E-state index is -0.630. The van der Waals surface area contributed by atoms with Gasteiger partial charge in [0.1, 0.15) is 5.69 Å². The molecule has 0 fully saturated rings. The molecular weight excluding hydrogens is 424 g/mol. The highest BCUT2D eigenvalue weighted by molar-refractivity contribution is 6.05. The van der Waals surface area contributed by atoms with Gasteiger partial charge < -0.3 is 29.1 Å². The number of aryl methyl sites for hydroxylation is 3. The molecule has 0 aliphatic carbocycles. The fourth-order valence-corrected chi connectivity index (χ4v) is 2.87. The molecule has 2 amide bonds. The van der Waals surface area contributed by atoms with Crippen LogP contribution in [0.25, 0.3) is 0 Å². The number of hydrogen-bond acceptors (Lipinski definition) is 8. The highest BCUT2D eigenvalue weighted by Crippen LogP contribution is 2.17. The number of nitrogens with zero attached hydrogens (tertiary/aromatic N) is 6. The van der Waals surface area contributed by atoms with E-state index >= 15 is 0 Å². The van der Waals surface area contributed by atoms with Gasteiger partial charge in [0.2, 0.25) is 11.6 Å². The van der Waals surface area contributed by atoms with Gasteiger partial charge in [0.25, 0.3) is 17.5 Å². The number of esters is 1. The van der Waals surface area contributed by atoms with E-state index in [2.05, 4.69) is 20.6 Å². The second-order valence-corrected chi connectivity index (χ2v) is 6.70. The maximum atomic E-state index is 12.6. The van der Waals surface area contributed by atoms with Crippen LogP contribution in [0, 0.1) is 10.1 Å². The average Bonchev–Trinajstić information content (AvgIpc) is 3.38. The van der Waals surface area contributed by atoms with E-state index in [9.17, 15) is 24.5 Å². The molecule has 0 aliphatic rings. The molecule has 0 aliphatic heterocycles. The van der Waals surface area contributed by atoms with E-state index in [0.29, 0.717) is 0 Å². The first-order chi connectivity index (χ1) is 15.1. The summed E-state index contributed by atoms with van der Waals surface area (Å²) < 4.78 is 9.01. The van der Waals surface area contributed by atoms with Crippen molar-refractivity contribution in [2.75, 3.05) is 17.2 Å². The first-order valence-electron chi connectivity index (χ1n) is 9.28. The van der Waals surface area contributed by atoms with Gasteiger partial charge in [0.05, 0.1) is 17.7 Å². The molecule has 0 saturated heterocycles. The third-order valence-electron chi connectivity index (χ3n) is 4.33. The van der Waals surface area contributed by atoms with Crippen LogP contribution in [0.3, 0.4) is 0 Å². The zero-order valence-electron chi connectivity index (χ0n) is 17.6. The number of rotatable bonds is 7. The molecule has 0 spiro atoms. The van der Waals surface area contributed by atoms with E-state index in [-0.39, 0.29) is 41.3 Å². The van der Waals surface area contributed by atoms with Crippen molar-refractivity contribution in [1.82, 2.24) is 23.7 Å². The predicted molar refractivity (Wildman–Crippen MR) is 110 cm³/mol. The summed E-state index contributed by atoms with van der Waals surface area (Å²) >= 11 is 0. The summed E-state index contributed by atoms with van der Waals surface area (Å²) in [5.41, 5.74) is -0.176. The highest BCUT2D eigenvalue weighted by atomic mass is 16.6. The Morgan fingerprint density at radius 3 is 2.09 bits per heavy atom. The van der Waals surface area contributed by atoms with E-state index in [4.69, 9.17) is 4.74 Å². The third-order valence-corrected chi connectivity index (χ3v) is 4.33. The Balaban J connectivity index is 1.73. The first kappa shape index (κ1) is 22.2. The summed E-state index contributed by atoms with van der Waals surface area (Å²) in [7, 11) is 4.63. The molecule has 14 heteroatoms. The summed E-state index contributed by atoms with van der Waals surface area (Å²) in [5.74, 6) is -1.72. The zero-order valence-corrected chi connectivity index (χ0v) is 17.6. The summed E-state index contributed by atoms with van der Waals surface area (Å²) in [5, 5.41) is 15.9. The monoisotopic (exact) mass is 444 g/mol. The fraction of sp³-hybridized carbons (Fsp3) is 0.278. The van der Waals surface area contributed by atoms with Gasteiger partial charge in [0, 0.05) is 39.6 Å². The molecule has 0 atom stereocenters. The van der Waals surface area contributed by atoms with Crippen LogP contribution in [-0.2, 0) is 25.9 Å². The second-order valence-electron chi connectivity index (χ2n) is 6.70. The van der Waals surface area contributed by atoms with Crippen molar-refractivity contribution in [3.05, 3.63) is 52.1 Å². The highest BCUT2D eigenvalue weighted by Gasteiger charge is 2.21. The number of aromatic nitrogens is 5. The minimum Gasteiger partial charge on any atom is -0.460 e. The van der Waals surface area contributed by atoms with Crippen molar-refractivity contribution >= 4 is 35.1 Å². The molecule has 0 unspecified atom stereocenters. The number of carbonyl (C=O) groups is 3. The topological polar surface area (TPSA) is 168 Å². The van der Waals surface area contributed by atoms with Gasteiger partial charge in [-0.1, -0.05) is 0 Å². The molecule has 3 rings (SSSR count). The number of ether oxygens (including phenoxy) is 1. The quantitative estimate of drug-likeness (QED) is 0.310. The Hall–Kier alpha value is -4.49. The number of hydrogen-bond donors (Lipinski definition) is 2. The van der Waals surface area contributed by atoms with Gasteiger partial charge in [-0.25, -0.2) is 14.8 Å². The molecule has 2 N–H and O–H groups in total. The molecule has 0 radical (unpaired) electrons. The largest absolute Gasteiger partial charge is 0.460 e. The molecule has 3 aromatic heterocycles. The third kappa shape index (κ3) is 4.48. The lowest BCUT2D eigenvalue weighted by Gasteiger charge is -2.02. The number of anilines is 2. The molecule has 3 aromatic rings. The van der Waals surface area contributed by atoms with Crippen molar-refractivity contribution < 1.29 is 24.0 Å². The van der Waals surface area contributed by atoms with Crippen LogP contribution in [0.15, 0.2) is 24.7 Å². The second kappa shape index (κ2) is 8.71. The first-order valence-corrected chi connectivity index (χ1v) is 9.28. The molecule has 0 bridgehead atoms. The van der Waals surface area contributed by atoms with Crippen LogP contribution >= 0.6 is 0 Å². The van der Waals surface area contributed by atoms with E-state index in [1.54, 1.807) is 21.0 Å². The van der Waals surface area contributed by atoms with Gasteiger partial charge in [-0.05, 0) is 6.92 Å². The maximum absolute atomic E-state index is 12.6. The molecular formula is C18H20N8O6. The van der Waals surface area contributed by atoms with Crippen LogP contribution in [0.2, 0.25) is 0 Å². The van der Waals surface area contributed by atoms with E-state index in [1.165, 1.54) is 39.3 Å². The van der Waals surface area contributed by atoms with Crippen LogP contribution in [0.4, 0.5) is 17.3 Å². The summed E-state index contributed by atoms with van der Waals surface area (Å²) in [6.45, 7) is 1.85. The Morgan fingerprint density at radius 1 is 0.969 bits per heavy atom. The fourth-order valence-electron chi connectivity index (χ4n) is 2.87.